The van der Waals surface area contributed by atoms with Gasteiger partial charge in [-0.1, -0.05) is 30.3 Å². The fourth-order valence-electron chi connectivity index (χ4n) is 1.98. The smallest absolute Gasteiger partial charge is 0.342 e. The molecule has 0 bridgehead atoms. The van der Waals surface area contributed by atoms with Gasteiger partial charge in [-0.3, -0.25) is 4.79 Å². The highest BCUT2D eigenvalue weighted by Gasteiger charge is 2.21. The van der Waals surface area contributed by atoms with Gasteiger partial charge in [0.2, 0.25) is 0 Å². The van der Waals surface area contributed by atoms with E-state index >= 15 is 0 Å². The van der Waals surface area contributed by atoms with Crippen LogP contribution < -0.4 is 4.74 Å². The van der Waals surface area contributed by atoms with Gasteiger partial charge in [0, 0.05) is 10.0 Å². The van der Waals surface area contributed by atoms with Crippen molar-refractivity contribution in [1.82, 2.24) is 0 Å². The first-order valence-electron chi connectivity index (χ1n) is 6.63. The van der Waals surface area contributed by atoms with Crippen molar-refractivity contribution < 1.29 is 19.1 Å². The van der Waals surface area contributed by atoms with Gasteiger partial charge in [0.15, 0.2) is 5.78 Å². The Bertz CT molecular complexity index is 695. The summed E-state index contributed by atoms with van der Waals surface area (Å²) in [5.74, 6) is -0.336. The first kappa shape index (κ1) is 16.2. The highest BCUT2D eigenvalue weighted by molar-refractivity contribution is 9.10. The van der Waals surface area contributed by atoms with E-state index in [1.54, 1.807) is 12.1 Å². The molecule has 0 amide bonds. The minimum atomic E-state index is -0.557. The Hall–Kier alpha value is -2.14. The summed E-state index contributed by atoms with van der Waals surface area (Å²) in [6.07, 6.45) is 0. The number of benzene rings is 2. The number of Topliss-reactive ketones (excluding diaryl/α,β-unsaturated/α-hetero) is 1. The second-order valence-corrected chi connectivity index (χ2v) is 5.42. The number of carbonyl (C=O) groups is 2. The average molecular weight is 363 g/mol. The predicted octanol–water partition coefficient (Wildman–Crippen LogP) is 4.02. The lowest BCUT2D eigenvalue weighted by Gasteiger charge is -2.13. The van der Waals surface area contributed by atoms with Crippen LogP contribution in [-0.2, 0) is 11.3 Å². The van der Waals surface area contributed by atoms with Gasteiger partial charge < -0.3 is 9.47 Å². The summed E-state index contributed by atoms with van der Waals surface area (Å²) in [4.78, 5) is 23.6. The van der Waals surface area contributed by atoms with E-state index in [0.717, 1.165) is 5.56 Å². The van der Waals surface area contributed by atoms with Gasteiger partial charge in [0.25, 0.3) is 0 Å². The monoisotopic (exact) mass is 362 g/mol. The van der Waals surface area contributed by atoms with Gasteiger partial charge in [0.05, 0.1) is 7.11 Å². The van der Waals surface area contributed by atoms with Crippen molar-refractivity contribution in [2.24, 2.45) is 0 Å². The third-order valence-electron chi connectivity index (χ3n) is 3.11. The molecule has 114 valence electrons. The van der Waals surface area contributed by atoms with Gasteiger partial charge in [-0.05, 0) is 40.5 Å². The van der Waals surface area contributed by atoms with Crippen molar-refractivity contribution in [3.63, 3.8) is 0 Å². The first-order valence-corrected chi connectivity index (χ1v) is 7.42. The number of ether oxygens (including phenoxy) is 2. The minimum absolute atomic E-state index is 0.147. The number of halogens is 1. The van der Waals surface area contributed by atoms with Crippen molar-refractivity contribution in [2.75, 3.05) is 7.11 Å². The maximum absolute atomic E-state index is 12.0. The van der Waals surface area contributed by atoms with E-state index in [1.807, 2.05) is 30.3 Å². The molecule has 0 saturated carbocycles. The fraction of sp³-hybridized carbons (Fsp3) is 0.176. The number of ketones is 1. The number of hydrogen-bond acceptors (Lipinski definition) is 4. The Morgan fingerprint density at radius 2 is 1.77 bits per heavy atom. The van der Waals surface area contributed by atoms with Crippen LogP contribution in [0.5, 0.6) is 5.75 Å². The van der Waals surface area contributed by atoms with Crippen LogP contribution in [0, 0.1) is 0 Å². The average Bonchev–Trinajstić information content (AvgIpc) is 2.52. The molecule has 0 unspecified atom stereocenters. The summed E-state index contributed by atoms with van der Waals surface area (Å²) in [5, 5.41) is 0. The molecule has 0 heterocycles. The Kier molecular flexibility index (Phi) is 5.33. The van der Waals surface area contributed by atoms with E-state index in [0.29, 0.717) is 22.4 Å². The van der Waals surface area contributed by atoms with E-state index in [-0.39, 0.29) is 11.3 Å². The Morgan fingerprint density at radius 1 is 1.09 bits per heavy atom. The highest BCUT2D eigenvalue weighted by atomic mass is 79.9. The zero-order valence-electron chi connectivity index (χ0n) is 12.3. The summed E-state index contributed by atoms with van der Waals surface area (Å²) in [7, 11) is 1.29. The van der Waals surface area contributed by atoms with Crippen molar-refractivity contribution >= 4 is 27.7 Å². The summed E-state index contributed by atoms with van der Waals surface area (Å²) in [5.41, 5.74) is 1.60. The lowest BCUT2D eigenvalue weighted by molar-refractivity contribution is 0.0594. The van der Waals surface area contributed by atoms with E-state index in [4.69, 9.17) is 9.47 Å². The van der Waals surface area contributed by atoms with Crippen LogP contribution >= 0.6 is 15.9 Å². The van der Waals surface area contributed by atoms with Crippen LogP contribution in [-0.4, -0.2) is 18.9 Å². The van der Waals surface area contributed by atoms with E-state index in [1.165, 1.54) is 14.0 Å². The predicted molar refractivity (Wildman–Crippen MR) is 86.3 cm³/mol. The molecule has 2 rings (SSSR count). The molecule has 22 heavy (non-hydrogen) atoms. The van der Waals surface area contributed by atoms with E-state index in [9.17, 15) is 9.59 Å². The Labute approximate surface area is 137 Å². The second-order valence-electron chi connectivity index (χ2n) is 4.62. The normalized spacial score (nSPS) is 10.1. The summed E-state index contributed by atoms with van der Waals surface area (Å²) < 4.78 is 10.9. The lowest BCUT2D eigenvalue weighted by atomic mass is 10.1. The van der Waals surface area contributed by atoms with Crippen LogP contribution in [0.4, 0.5) is 0 Å². The lowest BCUT2D eigenvalue weighted by Crippen LogP contribution is -2.09. The molecule has 2 aromatic rings. The quantitative estimate of drug-likeness (QED) is 0.595. The number of rotatable bonds is 5. The van der Waals surface area contributed by atoms with Gasteiger partial charge in [-0.25, -0.2) is 4.79 Å². The molecule has 0 aromatic heterocycles. The molecule has 0 fully saturated rings. The topological polar surface area (TPSA) is 52.6 Å². The number of methoxy groups -OCH3 is 1. The molecule has 5 heteroatoms. The summed E-state index contributed by atoms with van der Waals surface area (Å²) in [6, 6.07) is 12.8. The van der Waals surface area contributed by atoms with Crippen molar-refractivity contribution in [2.45, 2.75) is 13.5 Å². The Morgan fingerprint density at radius 3 is 2.36 bits per heavy atom. The van der Waals surface area contributed by atoms with Gasteiger partial charge in [0.1, 0.15) is 17.9 Å². The molecule has 4 nitrogen and oxygen atoms in total. The molecule has 0 radical (unpaired) electrons. The van der Waals surface area contributed by atoms with Crippen molar-refractivity contribution in [1.29, 1.82) is 0 Å². The van der Waals surface area contributed by atoms with Gasteiger partial charge in [-0.2, -0.15) is 0 Å². The molecular weight excluding hydrogens is 348 g/mol. The maximum Gasteiger partial charge on any atom is 0.342 e. The fourth-order valence-corrected chi connectivity index (χ4v) is 2.75. The van der Waals surface area contributed by atoms with Gasteiger partial charge in [-0.15, -0.1) is 0 Å². The first-order chi connectivity index (χ1) is 10.5. The number of esters is 1. The minimum Gasteiger partial charge on any atom is -0.488 e. The zero-order valence-corrected chi connectivity index (χ0v) is 13.8. The van der Waals surface area contributed by atoms with Gasteiger partial charge >= 0.3 is 5.97 Å². The molecule has 0 spiro atoms. The molecule has 0 saturated heterocycles. The van der Waals surface area contributed by atoms with Crippen LogP contribution in [0.15, 0.2) is 46.9 Å². The third kappa shape index (κ3) is 3.54. The molecule has 0 atom stereocenters. The summed E-state index contributed by atoms with van der Waals surface area (Å²) >= 11 is 3.30. The van der Waals surface area contributed by atoms with E-state index in [2.05, 4.69) is 15.9 Å². The van der Waals surface area contributed by atoms with Crippen LogP contribution in [0.2, 0.25) is 0 Å². The van der Waals surface area contributed by atoms with Crippen molar-refractivity contribution in [3.05, 3.63) is 63.6 Å². The Balaban J connectivity index is 2.36. The molecule has 0 aliphatic heterocycles. The molecule has 0 N–H and O–H groups in total. The van der Waals surface area contributed by atoms with Crippen LogP contribution in [0.1, 0.15) is 33.2 Å². The van der Waals surface area contributed by atoms with E-state index < -0.39 is 5.97 Å². The standard InChI is InChI=1S/C17H15BrO4/c1-11(19)13-8-9-14(15(16(13)18)17(20)21-2)22-10-12-6-4-3-5-7-12/h3-9H,10H2,1-2H3. The molecule has 0 aliphatic rings. The molecular formula is C17H15BrO4. The molecule has 2 aromatic carbocycles. The third-order valence-corrected chi connectivity index (χ3v) is 3.93. The largest absolute Gasteiger partial charge is 0.488 e. The van der Waals surface area contributed by atoms with Crippen LogP contribution in [0.3, 0.4) is 0 Å². The zero-order chi connectivity index (χ0) is 16.1. The summed E-state index contributed by atoms with van der Waals surface area (Å²) in [6.45, 7) is 1.75. The molecule has 0 aliphatic carbocycles. The van der Waals surface area contributed by atoms with Crippen LogP contribution in [0.25, 0.3) is 0 Å². The second kappa shape index (κ2) is 7.22. The maximum atomic E-state index is 12.0. The number of hydrogen-bond donors (Lipinski definition) is 0. The van der Waals surface area contributed by atoms with Crippen molar-refractivity contribution in [3.8, 4) is 5.75 Å². The number of carbonyl (C=O) groups excluding carboxylic acids is 2. The SMILES string of the molecule is COC(=O)c1c(OCc2ccccc2)ccc(C(C)=O)c1Br. The highest BCUT2D eigenvalue weighted by Crippen LogP contribution is 2.32.